The van der Waals surface area contributed by atoms with E-state index in [9.17, 15) is 19.2 Å². The van der Waals surface area contributed by atoms with Crippen LogP contribution < -0.4 is 15.2 Å². The lowest BCUT2D eigenvalue weighted by atomic mass is 10.1. The van der Waals surface area contributed by atoms with Gasteiger partial charge in [-0.05, 0) is 17.1 Å². The fraction of sp³-hybridized carbons (Fsp3) is 0.381. The van der Waals surface area contributed by atoms with Crippen molar-refractivity contribution in [3.8, 4) is 5.82 Å². The lowest BCUT2D eigenvalue weighted by molar-refractivity contribution is -0.598. The van der Waals surface area contributed by atoms with Crippen LogP contribution in [0, 0.1) is 0 Å². The second-order valence-corrected chi connectivity index (χ2v) is 7.16. The summed E-state index contributed by atoms with van der Waals surface area (Å²) in [7, 11) is 0. The fourth-order valence-electron chi connectivity index (χ4n) is 3.38. The van der Waals surface area contributed by atoms with E-state index in [0.29, 0.717) is 12.2 Å². The van der Waals surface area contributed by atoms with Crippen LogP contribution in [0.2, 0.25) is 0 Å². The molecule has 1 aliphatic heterocycles. The van der Waals surface area contributed by atoms with Crippen molar-refractivity contribution in [1.82, 2.24) is 9.97 Å². The first kappa shape index (κ1) is 24.5. The molecule has 13 nitrogen and oxygen atoms in total. The molecule has 0 unspecified atom stereocenters. The molecule has 34 heavy (non-hydrogen) atoms. The van der Waals surface area contributed by atoms with E-state index in [4.69, 9.17) is 18.9 Å². The van der Waals surface area contributed by atoms with E-state index in [2.05, 4.69) is 20.6 Å². The minimum absolute atomic E-state index is 0.144. The van der Waals surface area contributed by atoms with Crippen LogP contribution in [0.5, 0.6) is 0 Å². The second-order valence-electron chi connectivity index (χ2n) is 7.16. The van der Waals surface area contributed by atoms with Gasteiger partial charge < -0.3 is 29.6 Å². The maximum Gasteiger partial charge on any atom is 0.357 e. The number of pyridine rings is 1. The molecule has 1 aliphatic rings. The number of nitrogens with one attached hydrogen (secondary N) is 2. The lowest BCUT2D eigenvalue weighted by Crippen LogP contribution is -2.43. The molecule has 0 spiro atoms. The number of ether oxygens (including phenoxy) is 4. The molecule has 0 radical (unpaired) electrons. The number of nitrogens with zero attached hydrogens (tertiary/aromatic N) is 3. The summed E-state index contributed by atoms with van der Waals surface area (Å²) in [4.78, 5) is 54.5. The third-order valence-electron chi connectivity index (χ3n) is 4.63. The quantitative estimate of drug-likeness (QED) is 0.216. The number of aromatic nitrogens is 3. The summed E-state index contributed by atoms with van der Waals surface area (Å²) in [5.74, 6) is -1.37. The Morgan fingerprint density at radius 1 is 1.03 bits per heavy atom. The van der Waals surface area contributed by atoms with Gasteiger partial charge in [0.2, 0.25) is 12.7 Å². The van der Waals surface area contributed by atoms with E-state index in [1.807, 2.05) is 6.07 Å². The highest BCUT2D eigenvalue weighted by molar-refractivity contribution is 5.82. The number of rotatable bonds is 9. The Morgan fingerprint density at radius 2 is 1.71 bits per heavy atom. The normalized spacial score (nSPS) is 21.3. The van der Waals surface area contributed by atoms with Gasteiger partial charge in [-0.1, -0.05) is 6.07 Å². The Balaban J connectivity index is 1.96. The minimum atomic E-state index is -1.12. The molecule has 0 aliphatic carbocycles. The summed E-state index contributed by atoms with van der Waals surface area (Å²) in [6.45, 7) is 3.34. The van der Waals surface area contributed by atoms with Crippen LogP contribution in [0.3, 0.4) is 0 Å². The first-order chi connectivity index (χ1) is 16.3. The second kappa shape index (κ2) is 11.1. The molecule has 3 rings (SSSR count). The standard InChI is InChI=1S/C21H23N5O8/c1-12(28)31-9-15-17(32-13(2)29)18(33-14(3)30)21(34-15)25-19-16(24-11-27)20(23-10-22-19)26-7-5-4-6-8-26/h4-8,10-11,15,17-18,21H,9H2,1-3H3,(H-,22,23,24,25,27)/p+1/t15-,17-,18-,21-/m1/s1. The van der Waals surface area contributed by atoms with Gasteiger partial charge in [-0.15, -0.1) is 0 Å². The first-order valence-corrected chi connectivity index (χ1v) is 10.2. The lowest BCUT2D eigenvalue weighted by Gasteiger charge is -2.24. The summed E-state index contributed by atoms with van der Waals surface area (Å²) >= 11 is 0. The Morgan fingerprint density at radius 3 is 2.32 bits per heavy atom. The summed E-state index contributed by atoms with van der Waals surface area (Å²) in [6, 6.07) is 5.37. The van der Waals surface area contributed by atoms with E-state index < -0.39 is 42.4 Å². The predicted molar refractivity (Wildman–Crippen MR) is 113 cm³/mol. The SMILES string of the molecule is CC(=O)OC[C@H]1O[C@@H](Nc2ncnc(-[n+]3ccccc3)c2NC=O)[C@H](OC(C)=O)[C@@H]1OC(C)=O. The number of carbonyl (C=O) groups excluding carboxylic acids is 4. The molecule has 2 N–H and O–H groups in total. The summed E-state index contributed by atoms with van der Waals surface area (Å²) in [5, 5.41) is 5.52. The van der Waals surface area contributed by atoms with Gasteiger partial charge in [0.15, 0.2) is 29.9 Å². The highest BCUT2D eigenvalue weighted by Gasteiger charge is 2.50. The van der Waals surface area contributed by atoms with Crippen LogP contribution in [-0.2, 0) is 38.1 Å². The van der Waals surface area contributed by atoms with Gasteiger partial charge >= 0.3 is 23.7 Å². The zero-order chi connectivity index (χ0) is 24.7. The van der Waals surface area contributed by atoms with Gasteiger partial charge in [0.1, 0.15) is 12.7 Å². The van der Waals surface area contributed by atoms with E-state index in [1.165, 1.54) is 27.1 Å². The van der Waals surface area contributed by atoms with Crippen LogP contribution >= 0.6 is 0 Å². The molecular formula is C21H24N5O8+. The molecule has 0 bridgehead atoms. The minimum Gasteiger partial charge on any atom is -0.463 e. The molecule has 3 heterocycles. The summed E-state index contributed by atoms with van der Waals surface area (Å²) in [5.41, 5.74) is 0.214. The molecule has 1 fully saturated rings. The summed E-state index contributed by atoms with van der Waals surface area (Å²) < 4.78 is 23.3. The highest BCUT2D eigenvalue weighted by Crippen LogP contribution is 2.31. The van der Waals surface area contributed by atoms with Crippen molar-refractivity contribution >= 4 is 35.8 Å². The van der Waals surface area contributed by atoms with E-state index in [-0.39, 0.29) is 18.1 Å². The van der Waals surface area contributed by atoms with Crippen molar-refractivity contribution in [2.45, 2.75) is 45.3 Å². The fourth-order valence-corrected chi connectivity index (χ4v) is 3.38. The van der Waals surface area contributed by atoms with Crippen LogP contribution in [0.1, 0.15) is 20.8 Å². The Bertz CT molecular complexity index is 1050. The molecule has 180 valence electrons. The first-order valence-electron chi connectivity index (χ1n) is 10.2. The molecule has 0 aromatic carbocycles. The van der Waals surface area contributed by atoms with E-state index >= 15 is 0 Å². The maximum atomic E-state index is 11.8. The van der Waals surface area contributed by atoms with Crippen molar-refractivity contribution in [2.24, 2.45) is 0 Å². The number of hydrogen-bond acceptors (Lipinski definition) is 11. The van der Waals surface area contributed by atoms with Crippen molar-refractivity contribution in [3.63, 3.8) is 0 Å². The Labute approximate surface area is 194 Å². The van der Waals surface area contributed by atoms with Gasteiger partial charge in [0, 0.05) is 20.8 Å². The van der Waals surface area contributed by atoms with Crippen LogP contribution in [-0.4, -0.2) is 65.4 Å². The molecule has 1 amide bonds. The van der Waals surface area contributed by atoms with E-state index in [1.54, 1.807) is 29.1 Å². The zero-order valence-electron chi connectivity index (χ0n) is 18.7. The third-order valence-corrected chi connectivity index (χ3v) is 4.63. The largest absolute Gasteiger partial charge is 0.463 e. The van der Waals surface area contributed by atoms with Crippen LogP contribution in [0.25, 0.3) is 5.82 Å². The summed E-state index contributed by atoms with van der Waals surface area (Å²) in [6.07, 6.45) is 0.958. The molecular weight excluding hydrogens is 450 g/mol. The van der Waals surface area contributed by atoms with Gasteiger partial charge in [0.25, 0.3) is 0 Å². The predicted octanol–water partition coefficient (Wildman–Crippen LogP) is -0.115. The average molecular weight is 474 g/mol. The molecule has 2 aromatic rings. The van der Waals surface area contributed by atoms with Gasteiger partial charge in [-0.25, -0.2) is 4.57 Å². The van der Waals surface area contributed by atoms with Crippen molar-refractivity contribution in [2.75, 3.05) is 17.2 Å². The number of hydrogen-bond donors (Lipinski definition) is 2. The van der Waals surface area contributed by atoms with Crippen molar-refractivity contribution < 1.29 is 42.7 Å². The molecule has 0 saturated carbocycles. The maximum absolute atomic E-state index is 11.8. The number of amides is 1. The van der Waals surface area contributed by atoms with Gasteiger partial charge in [-0.3, -0.25) is 19.2 Å². The number of anilines is 2. The van der Waals surface area contributed by atoms with E-state index in [0.717, 1.165) is 0 Å². The average Bonchev–Trinajstić information content (AvgIpc) is 3.09. The third kappa shape index (κ3) is 6.01. The van der Waals surface area contributed by atoms with Crippen LogP contribution in [0.4, 0.5) is 11.5 Å². The number of esters is 3. The smallest absolute Gasteiger partial charge is 0.357 e. The van der Waals surface area contributed by atoms with Crippen LogP contribution in [0.15, 0.2) is 36.9 Å². The Hall–Kier alpha value is -4.13. The Kier molecular flexibility index (Phi) is 8.03. The highest BCUT2D eigenvalue weighted by atomic mass is 16.7. The van der Waals surface area contributed by atoms with Crippen molar-refractivity contribution in [3.05, 3.63) is 36.9 Å². The number of carbonyl (C=O) groups is 4. The van der Waals surface area contributed by atoms with Gasteiger partial charge in [-0.2, -0.15) is 4.98 Å². The topological polar surface area (TPSA) is 159 Å². The molecule has 2 aromatic heterocycles. The van der Waals surface area contributed by atoms with Gasteiger partial charge in [0.05, 0.1) is 12.4 Å². The van der Waals surface area contributed by atoms with Crippen molar-refractivity contribution in [1.29, 1.82) is 0 Å². The monoisotopic (exact) mass is 474 g/mol. The zero-order valence-corrected chi connectivity index (χ0v) is 18.7. The molecule has 1 saturated heterocycles. The molecule has 4 atom stereocenters. The molecule has 13 heteroatoms.